The van der Waals surface area contributed by atoms with Gasteiger partial charge in [-0.25, -0.2) is 0 Å². The molecule has 2 rings (SSSR count). The van der Waals surface area contributed by atoms with Crippen LogP contribution in [0.4, 0.5) is 13.2 Å². The fourth-order valence-corrected chi connectivity index (χ4v) is 3.12. The molecule has 1 aromatic heterocycles. The Bertz CT molecular complexity index is 572. The quantitative estimate of drug-likeness (QED) is 0.926. The molecule has 0 spiro atoms. The van der Waals surface area contributed by atoms with Crippen molar-refractivity contribution >= 4 is 5.91 Å². The van der Waals surface area contributed by atoms with Crippen molar-refractivity contribution in [1.82, 2.24) is 20.0 Å². The third kappa shape index (κ3) is 3.52. The SMILES string of the molecule is CNC(=O)c1c(C(F)(F)F)nn(C2CCN(C(C)C)CC2)c1C. The van der Waals surface area contributed by atoms with E-state index >= 15 is 0 Å². The highest BCUT2D eigenvalue weighted by molar-refractivity contribution is 5.96. The Labute approximate surface area is 133 Å². The first-order valence-corrected chi connectivity index (χ1v) is 7.79. The van der Waals surface area contributed by atoms with Gasteiger partial charge in [0.25, 0.3) is 5.91 Å². The van der Waals surface area contributed by atoms with E-state index < -0.39 is 17.8 Å². The number of likely N-dealkylation sites (tertiary alicyclic amines) is 1. The molecule has 1 aromatic rings. The average Bonchev–Trinajstić information content (AvgIpc) is 2.84. The first kappa shape index (κ1) is 17.8. The fourth-order valence-electron chi connectivity index (χ4n) is 3.12. The van der Waals surface area contributed by atoms with Gasteiger partial charge < -0.3 is 10.2 Å². The summed E-state index contributed by atoms with van der Waals surface area (Å²) in [6, 6.07) is 0.311. The molecule has 0 unspecified atom stereocenters. The highest BCUT2D eigenvalue weighted by atomic mass is 19.4. The Morgan fingerprint density at radius 3 is 2.30 bits per heavy atom. The van der Waals surface area contributed by atoms with Crippen LogP contribution in [-0.2, 0) is 6.18 Å². The van der Waals surface area contributed by atoms with Crippen LogP contribution in [0.15, 0.2) is 0 Å². The Kier molecular flexibility index (Phi) is 5.03. The number of aromatic nitrogens is 2. The summed E-state index contributed by atoms with van der Waals surface area (Å²) in [7, 11) is 1.32. The highest BCUT2D eigenvalue weighted by Gasteiger charge is 2.41. The monoisotopic (exact) mass is 332 g/mol. The number of halogens is 3. The molecule has 1 amide bonds. The van der Waals surface area contributed by atoms with Crippen molar-refractivity contribution < 1.29 is 18.0 Å². The number of hydrogen-bond acceptors (Lipinski definition) is 3. The van der Waals surface area contributed by atoms with Gasteiger partial charge in [0.1, 0.15) is 0 Å². The Morgan fingerprint density at radius 1 is 1.30 bits per heavy atom. The molecule has 5 nitrogen and oxygen atoms in total. The lowest BCUT2D eigenvalue weighted by Gasteiger charge is -2.35. The second kappa shape index (κ2) is 6.51. The molecule has 2 heterocycles. The molecule has 1 aliphatic heterocycles. The number of nitrogens with one attached hydrogen (secondary N) is 1. The van der Waals surface area contributed by atoms with Crippen molar-refractivity contribution in [2.75, 3.05) is 20.1 Å². The summed E-state index contributed by atoms with van der Waals surface area (Å²) in [5.74, 6) is -0.749. The van der Waals surface area contributed by atoms with Gasteiger partial charge in [0.05, 0.1) is 11.6 Å². The summed E-state index contributed by atoms with van der Waals surface area (Å²) in [5.41, 5.74) is -1.19. The Morgan fingerprint density at radius 2 is 1.87 bits per heavy atom. The summed E-state index contributed by atoms with van der Waals surface area (Å²) < 4.78 is 41.0. The third-order valence-electron chi connectivity index (χ3n) is 4.45. The smallest absolute Gasteiger partial charge is 0.355 e. The van der Waals surface area contributed by atoms with Gasteiger partial charge in [-0.3, -0.25) is 9.48 Å². The summed E-state index contributed by atoms with van der Waals surface area (Å²) in [6.07, 6.45) is -3.19. The maximum atomic E-state index is 13.2. The molecule has 1 fully saturated rings. The van der Waals surface area contributed by atoms with E-state index in [0.29, 0.717) is 6.04 Å². The summed E-state index contributed by atoms with van der Waals surface area (Å²) >= 11 is 0. The predicted molar refractivity (Wildman–Crippen MR) is 80.3 cm³/mol. The molecule has 0 aromatic carbocycles. The van der Waals surface area contributed by atoms with Crippen LogP contribution in [0.3, 0.4) is 0 Å². The van der Waals surface area contributed by atoms with Crippen LogP contribution in [0.2, 0.25) is 0 Å². The molecule has 0 radical (unpaired) electrons. The summed E-state index contributed by atoms with van der Waals surface area (Å²) in [6.45, 7) is 7.37. The molecule has 130 valence electrons. The zero-order valence-corrected chi connectivity index (χ0v) is 13.9. The van der Waals surface area contributed by atoms with Crippen LogP contribution in [0.5, 0.6) is 0 Å². The molecule has 0 atom stereocenters. The van der Waals surface area contributed by atoms with Crippen molar-refractivity contribution in [3.8, 4) is 0 Å². The fraction of sp³-hybridized carbons (Fsp3) is 0.733. The Hall–Kier alpha value is -1.57. The minimum absolute atomic E-state index is 0.107. The lowest BCUT2D eigenvalue weighted by molar-refractivity contribution is -0.141. The van der Waals surface area contributed by atoms with Gasteiger partial charge in [-0.2, -0.15) is 18.3 Å². The lowest BCUT2D eigenvalue weighted by Crippen LogP contribution is -2.39. The van der Waals surface area contributed by atoms with E-state index in [2.05, 4.69) is 29.2 Å². The minimum atomic E-state index is -4.64. The van der Waals surface area contributed by atoms with Gasteiger partial charge >= 0.3 is 6.18 Å². The van der Waals surface area contributed by atoms with E-state index in [-0.39, 0.29) is 17.3 Å². The first-order chi connectivity index (χ1) is 10.7. The third-order valence-corrected chi connectivity index (χ3v) is 4.45. The van der Waals surface area contributed by atoms with Gasteiger partial charge in [0.15, 0.2) is 5.69 Å². The number of hydrogen-bond donors (Lipinski definition) is 1. The van der Waals surface area contributed by atoms with E-state index in [1.54, 1.807) is 0 Å². The number of amides is 1. The van der Waals surface area contributed by atoms with Gasteiger partial charge in [0.2, 0.25) is 0 Å². The second-order valence-electron chi connectivity index (χ2n) is 6.19. The average molecular weight is 332 g/mol. The zero-order valence-electron chi connectivity index (χ0n) is 13.9. The summed E-state index contributed by atoms with van der Waals surface area (Å²) in [4.78, 5) is 14.2. The molecule has 0 aliphatic carbocycles. The van der Waals surface area contributed by atoms with E-state index in [4.69, 9.17) is 0 Å². The van der Waals surface area contributed by atoms with E-state index in [9.17, 15) is 18.0 Å². The van der Waals surface area contributed by atoms with E-state index in [1.807, 2.05) is 0 Å². The number of carbonyl (C=O) groups excluding carboxylic acids is 1. The predicted octanol–water partition coefficient (Wildman–Crippen LogP) is 2.62. The van der Waals surface area contributed by atoms with Crippen molar-refractivity contribution in [3.63, 3.8) is 0 Å². The van der Waals surface area contributed by atoms with Crippen molar-refractivity contribution in [2.45, 2.75) is 51.9 Å². The maximum Gasteiger partial charge on any atom is 0.435 e. The lowest BCUT2D eigenvalue weighted by atomic mass is 10.0. The molecule has 0 bridgehead atoms. The second-order valence-corrected chi connectivity index (χ2v) is 6.19. The Balaban J connectivity index is 2.34. The van der Waals surface area contributed by atoms with Crippen LogP contribution in [0, 0.1) is 6.92 Å². The van der Waals surface area contributed by atoms with Crippen LogP contribution < -0.4 is 5.32 Å². The maximum absolute atomic E-state index is 13.2. The van der Waals surface area contributed by atoms with Gasteiger partial charge in [-0.1, -0.05) is 0 Å². The van der Waals surface area contributed by atoms with Crippen LogP contribution in [0.1, 0.15) is 54.5 Å². The molecule has 0 saturated carbocycles. The number of nitrogens with zero attached hydrogens (tertiary/aromatic N) is 3. The molecular formula is C15H23F3N4O. The minimum Gasteiger partial charge on any atom is -0.355 e. The molecule has 8 heteroatoms. The molecule has 1 aliphatic rings. The molecule has 1 N–H and O–H groups in total. The first-order valence-electron chi connectivity index (χ1n) is 7.79. The number of carbonyl (C=O) groups is 1. The van der Waals surface area contributed by atoms with Crippen LogP contribution in [0.25, 0.3) is 0 Å². The highest BCUT2D eigenvalue weighted by Crippen LogP contribution is 2.35. The molecule has 1 saturated heterocycles. The normalized spacial score (nSPS) is 17.7. The standard InChI is InChI=1S/C15H23F3N4O/c1-9(2)21-7-5-11(6-8-21)22-10(3)12(14(23)19-4)13(20-22)15(16,17)18/h9,11H,5-8H2,1-4H3,(H,19,23). The largest absolute Gasteiger partial charge is 0.435 e. The van der Waals surface area contributed by atoms with E-state index in [0.717, 1.165) is 25.9 Å². The molecular weight excluding hydrogens is 309 g/mol. The summed E-state index contributed by atoms with van der Waals surface area (Å²) in [5, 5.41) is 6.03. The van der Waals surface area contributed by atoms with Crippen LogP contribution >= 0.6 is 0 Å². The van der Waals surface area contributed by atoms with Crippen molar-refractivity contribution in [3.05, 3.63) is 17.0 Å². The van der Waals surface area contributed by atoms with E-state index in [1.165, 1.54) is 18.7 Å². The zero-order chi connectivity index (χ0) is 17.4. The topological polar surface area (TPSA) is 50.2 Å². The number of piperidine rings is 1. The van der Waals surface area contributed by atoms with Gasteiger partial charge in [0, 0.05) is 31.9 Å². The van der Waals surface area contributed by atoms with Crippen molar-refractivity contribution in [2.24, 2.45) is 0 Å². The number of rotatable bonds is 3. The van der Waals surface area contributed by atoms with Crippen LogP contribution in [-0.4, -0.2) is 46.8 Å². The number of alkyl halides is 3. The van der Waals surface area contributed by atoms with Crippen molar-refractivity contribution in [1.29, 1.82) is 0 Å². The van der Waals surface area contributed by atoms with Gasteiger partial charge in [-0.15, -0.1) is 0 Å². The van der Waals surface area contributed by atoms with Gasteiger partial charge in [-0.05, 0) is 33.6 Å². The molecule has 23 heavy (non-hydrogen) atoms.